The first-order valence-corrected chi connectivity index (χ1v) is 28.7. The Hall–Kier alpha value is -3.07. The molecule has 0 aromatic heterocycles. The van der Waals surface area contributed by atoms with E-state index < -0.39 is 32.5 Å². The molecular weight excluding hydrogens is 870 g/mol. The molecule has 0 heterocycles. The lowest BCUT2D eigenvalue weighted by Gasteiger charge is -2.19. The summed E-state index contributed by atoms with van der Waals surface area (Å²) < 4.78 is 33.0. The zero-order chi connectivity index (χ0) is 49.5. The number of carbonyl (C=O) groups excluding carboxylic acids is 2. The van der Waals surface area contributed by atoms with E-state index in [-0.39, 0.29) is 32.6 Å². The molecule has 2 unspecified atom stereocenters. The lowest BCUT2D eigenvalue weighted by atomic mass is 10.1. The molecule has 0 aromatic carbocycles. The summed E-state index contributed by atoms with van der Waals surface area (Å²) >= 11 is 0. The highest BCUT2D eigenvalue weighted by Gasteiger charge is 2.26. The van der Waals surface area contributed by atoms with Gasteiger partial charge in [0.1, 0.15) is 6.61 Å². The maximum Gasteiger partial charge on any atom is 0.472 e. The van der Waals surface area contributed by atoms with Crippen LogP contribution < -0.4 is 5.73 Å². The van der Waals surface area contributed by atoms with Crippen molar-refractivity contribution in [1.29, 1.82) is 0 Å². The van der Waals surface area contributed by atoms with E-state index in [4.69, 9.17) is 24.3 Å². The molecule has 3 N–H and O–H groups in total. The number of hydrogen-bond acceptors (Lipinski definition) is 8. The molecule has 0 saturated carbocycles. The van der Waals surface area contributed by atoms with Crippen molar-refractivity contribution < 1.29 is 37.6 Å². The third-order valence-corrected chi connectivity index (χ3v) is 12.2. The van der Waals surface area contributed by atoms with Crippen molar-refractivity contribution >= 4 is 19.8 Å². The summed E-state index contributed by atoms with van der Waals surface area (Å²) in [6, 6.07) is 0. The Labute approximate surface area is 416 Å². The topological polar surface area (TPSA) is 134 Å². The Bertz CT molecular complexity index is 1430. The highest BCUT2D eigenvalue weighted by molar-refractivity contribution is 7.47. The molecule has 0 amide bonds. The molecule has 2 atom stereocenters. The molecule has 0 aliphatic heterocycles. The molecule has 0 rings (SSSR count). The summed E-state index contributed by atoms with van der Waals surface area (Å²) in [7, 11) is -4.40. The van der Waals surface area contributed by atoms with Crippen molar-refractivity contribution in [3.63, 3.8) is 0 Å². The van der Waals surface area contributed by atoms with Crippen LogP contribution in [0.3, 0.4) is 0 Å². The monoisotopic (exact) mass is 970 g/mol. The summed E-state index contributed by atoms with van der Waals surface area (Å²) in [6.45, 7) is 3.61. The van der Waals surface area contributed by atoms with Crippen LogP contribution in [0.4, 0.5) is 0 Å². The zero-order valence-electron chi connectivity index (χ0n) is 43.3. The van der Waals surface area contributed by atoms with Gasteiger partial charge in [-0.1, -0.05) is 214 Å². The summed E-state index contributed by atoms with van der Waals surface area (Å²) in [5.74, 6) is -0.849. The maximum atomic E-state index is 12.7. The SMILES string of the molecule is CC/C=C\C/C=C\C/C=C\C/C=C\C/C=C\C/C=C\C/C=C\CCCCCCCCCC(=O)OC(COC(=O)CCCCCCCCC/C=C\CCCCCCCCC)COP(=O)(O)OCCN. The predicted molar refractivity (Wildman–Crippen MR) is 288 cm³/mol. The Morgan fingerprint density at radius 3 is 1.22 bits per heavy atom. The summed E-state index contributed by atoms with van der Waals surface area (Å²) in [6.07, 6.45) is 70.2. The highest BCUT2D eigenvalue weighted by atomic mass is 31.2. The molecule has 0 radical (unpaired) electrons. The summed E-state index contributed by atoms with van der Waals surface area (Å²) in [5, 5.41) is 0. The fourth-order valence-electron chi connectivity index (χ4n) is 7.20. The van der Waals surface area contributed by atoms with Gasteiger partial charge in [0.15, 0.2) is 6.10 Å². The first kappa shape index (κ1) is 64.9. The van der Waals surface area contributed by atoms with Gasteiger partial charge >= 0.3 is 19.8 Å². The normalized spacial score (nSPS) is 13.9. The van der Waals surface area contributed by atoms with Crippen LogP contribution in [0.1, 0.15) is 226 Å². The fraction of sp³-hybridized carbons (Fsp3) is 0.690. The van der Waals surface area contributed by atoms with Crippen LogP contribution in [0.15, 0.2) is 97.2 Å². The van der Waals surface area contributed by atoms with Gasteiger partial charge < -0.3 is 20.1 Å². The van der Waals surface area contributed by atoms with E-state index in [0.29, 0.717) is 6.42 Å². The average Bonchev–Trinajstić information content (AvgIpc) is 3.33. The van der Waals surface area contributed by atoms with Gasteiger partial charge in [0.25, 0.3) is 0 Å². The second-order valence-electron chi connectivity index (χ2n) is 17.7. The van der Waals surface area contributed by atoms with Gasteiger partial charge in [-0.2, -0.15) is 0 Å². The second kappa shape index (κ2) is 53.3. The molecule has 10 heteroatoms. The van der Waals surface area contributed by atoms with E-state index in [1.165, 1.54) is 89.9 Å². The second-order valence-corrected chi connectivity index (χ2v) is 19.2. The van der Waals surface area contributed by atoms with E-state index in [0.717, 1.165) is 103 Å². The Balaban J connectivity index is 4.08. The van der Waals surface area contributed by atoms with E-state index >= 15 is 0 Å². The van der Waals surface area contributed by atoms with Gasteiger partial charge in [-0.05, 0) is 96.3 Å². The Kier molecular flexibility index (Phi) is 50.9. The van der Waals surface area contributed by atoms with Crippen molar-refractivity contribution in [3.8, 4) is 0 Å². The van der Waals surface area contributed by atoms with E-state index in [9.17, 15) is 19.0 Å². The van der Waals surface area contributed by atoms with Crippen LogP contribution in [0.5, 0.6) is 0 Å². The first-order valence-electron chi connectivity index (χ1n) is 27.2. The number of carbonyl (C=O) groups is 2. The van der Waals surface area contributed by atoms with Gasteiger partial charge in [-0.3, -0.25) is 18.6 Å². The summed E-state index contributed by atoms with van der Waals surface area (Å²) in [4.78, 5) is 35.1. The number of unbranched alkanes of at least 4 members (excludes halogenated alkanes) is 21. The van der Waals surface area contributed by atoms with Crippen LogP contribution in [-0.4, -0.2) is 49.3 Å². The number of hydrogen-bond donors (Lipinski definition) is 2. The van der Waals surface area contributed by atoms with Crippen LogP contribution >= 0.6 is 7.82 Å². The van der Waals surface area contributed by atoms with Crippen molar-refractivity contribution in [2.45, 2.75) is 232 Å². The molecular formula is C58H100NO8P. The smallest absolute Gasteiger partial charge is 0.462 e. The molecule has 0 aliphatic carbocycles. The molecule has 0 saturated heterocycles. The lowest BCUT2D eigenvalue weighted by Crippen LogP contribution is -2.29. The minimum absolute atomic E-state index is 0.0463. The lowest BCUT2D eigenvalue weighted by molar-refractivity contribution is -0.161. The molecule has 0 aromatic rings. The number of nitrogens with two attached hydrogens (primary N) is 1. The van der Waals surface area contributed by atoms with Crippen LogP contribution in [0.2, 0.25) is 0 Å². The molecule has 0 spiro atoms. The van der Waals surface area contributed by atoms with Crippen molar-refractivity contribution in [2.24, 2.45) is 5.73 Å². The highest BCUT2D eigenvalue weighted by Crippen LogP contribution is 2.43. The predicted octanol–water partition coefficient (Wildman–Crippen LogP) is 16.9. The molecule has 9 nitrogen and oxygen atoms in total. The van der Waals surface area contributed by atoms with Gasteiger partial charge in [-0.25, -0.2) is 4.57 Å². The van der Waals surface area contributed by atoms with E-state index in [2.05, 4.69) is 111 Å². The molecule has 68 heavy (non-hydrogen) atoms. The fourth-order valence-corrected chi connectivity index (χ4v) is 7.96. The molecule has 0 bridgehead atoms. The molecule has 390 valence electrons. The van der Waals surface area contributed by atoms with Crippen LogP contribution in [0, 0.1) is 0 Å². The third kappa shape index (κ3) is 52.3. The average molecular weight is 970 g/mol. The van der Waals surface area contributed by atoms with E-state index in [1.807, 2.05) is 0 Å². The third-order valence-electron chi connectivity index (χ3n) is 11.2. The van der Waals surface area contributed by atoms with E-state index in [1.54, 1.807) is 0 Å². The summed E-state index contributed by atoms with van der Waals surface area (Å²) in [5.41, 5.74) is 5.37. The van der Waals surface area contributed by atoms with Crippen molar-refractivity contribution in [1.82, 2.24) is 0 Å². The van der Waals surface area contributed by atoms with Gasteiger partial charge in [-0.15, -0.1) is 0 Å². The Morgan fingerprint density at radius 2 is 0.809 bits per heavy atom. The molecule has 0 fully saturated rings. The first-order chi connectivity index (χ1) is 33.3. The van der Waals surface area contributed by atoms with Crippen molar-refractivity contribution in [3.05, 3.63) is 97.2 Å². The van der Waals surface area contributed by atoms with Gasteiger partial charge in [0.2, 0.25) is 0 Å². The molecule has 0 aliphatic rings. The quantitative estimate of drug-likeness (QED) is 0.0264. The number of phosphoric ester groups is 1. The maximum absolute atomic E-state index is 12.7. The van der Waals surface area contributed by atoms with Crippen molar-refractivity contribution in [2.75, 3.05) is 26.4 Å². The van der Waals surface area contributed by atoms with Crippen LogP contribution in [-0.2, 0) is 32.7 Å². The number of phosphoric acid groups is 1. The van der Waals surface area contributed by atoms with Gasteiger partial charge in [0, 0.05) is 19.4 Å². The zero-order valence-corrected chi connectivity index (χ0v) is 44.2. The number of rotatable bonds is 50. The minimum Gasteiger partial charge on any atom is -0.462 e. The number of allylic oxidation sites excluding steroid dienone is 16. The standard InChI is InChI=1S/C58H100NO8P/c1-3-5-7-9-11-13-15-17-19-21-23-24-25-26-27-28-29-30-31-32-33-35-37-39-41-43-45-47-49-51-58(61)67-56(55-66-68(62,63)65-53-52-59)54-64-57(60)50-48-46-44-42-40-38-36-34-22-20-18-16-14-12-10-8-6-4-2/h5,7,11,13,17,19-20,22-24,26-27,29-30,32-33,56H,3-4,6,8-10,12,14-16,18,21,25,28,31,34-55,59H2,1-2H3,(H,62,63)/b7-5-,13-11-,19-17-,22-20-,24-23-,27-26-,30-29-,33-32-. The number of esters is 2. The minimum atomic E-state index is -4.40. The largest absolute Gasteiger partial charge is 0.472 e. The van der Waals surface area contributed by atoms with Crippen LogP contribution in [0.25, 0.3) is 0 Å². The number of ether oxygens (including phenoxy) is 2. The Morgan fingerprint density at radius 1 is 0.456 bits per heavy atom. The van der Waals surface area contributed by atoms with Gasteiger partial charge in [0.05, 0.1) is 13.2 Å².